The molecule has 2 aromatic rings. The van der Waals surface area contributed by atoms with Crippen molar-refractivity contribution in [2.45, 2.75) is 39.5 Å². The summed E-state index contributed by atoms with van der Waals surface area (Å²) >= 11 is 0. The summed E-state index contributed by atoms with van der Waals surface area (Å²) in [5.74, 6) is 1.17. The van der Waals surface area contributed by atoms with Gasteiger partial charge in [0.1, 0.15) is 22.8 Å². The van der Waals surface area contributed by atoms with Crippen molar-refractivity contribution in [1.82, 2.24) is 4.90 Å². The Bertz CT molecular complexity index is 974. The lowest BCUT2D eigenvalue weighted by Gasteiger charge is -2.41. The average molecular weight is 444 g/mol. The van der Waals surface area contributed by atoms with Gasteiger partial charge in [0.25, 0.3) is 5.69 Å². The van der Waals surface area contributed by atoms with Crippen molar-refractivity contribution < 1.29 is 23.9 Å². The average Bonchev–Trinajstić information content (AvgIpc) is 2.74. The number of rotatable bonds is 5. The fraction of sp³-hybridized carbons (Fsp3) is 0.435. The molecule has 0 N–H and O–H groups in total. The van der Waals surface area contributed by atoms with Crippen LogP contribution in [0, 0.1) is 17.0 Å². The highest BCUT2D eigenvalue weighted by molar-refractivity contribution is 5.73. The second-order valence-electron chi connectivity index (χ2n) is 8.54. The van der Waals surface area contributed by atoms with E-state index in [1.54, 1.807) is 33.8 Å². The Morgan fingerprint density at radius 2 is 1.81 bits per heavy atom. The second-order valence-corrected chi connectivity index (χ2v) is 8.54. The Morgan fingerprint density at radius 3 is 2.41 bits per heavy atom. The zero-order valence-electron chi connectivity index (χ0n) is 19.0. The summed E-state index contributed by atoms with van der Waals surface area (Å²) in [5.41, 5.74) is 0.437. The number of piperazine rings is 1. The molecule has 1 amide bonds. The smallest absolute Gasteiger partial charge is 0.412 e. The van der Waals surface area contributed by atoms with Gasteiger partial charge in [-0.2, -0.15) is 0 Å². The number of amides is 1. The minimum Gasteiger partial charge on any atom is -0.457 e. The minimum absolute atomic E-state index is 0.0246. The zero-order valence-corrected chi connectivity index (χ0v) is 19.0. The molecule has 0 bridgehead atoms. The van der Waals surface area contributed by atoms with Gasteiger partial charge in [-0.1, -0.05) is 18.2 Å². The molecule has 1 fully saturated rings. The molecule has 1 aliphatic heterocycles. The number of hydrogen-bond acceptors (Lipinski definition) is 7. The van der Waals surface area contributed by atoms with Gasteiger partial charge in [0.15, 0.2) is 6.23 Å². The normalized spacial score (nSPS) is 16.6. The number of methoxy groups -OCH3 is 1. The summed E-state index contributed by atoms with van der Waals surface area (Å²) in [4.78, 5) is 27.4. The van der Waals surface area contributed by atoms with Crippen molar-refractivity contribution in [2.24, 2.45) is 0 Å². The van der Waals surface area contributed by atoms with Crippen molar-refractivity contribution in [3.05, 3.63) is 58.1 Å². The molecular formula is C23H29N3O6. The van der Waals surface area contributed by atoms with E-state index in [4.69, 9.17) is 14.2 Å². The third-order valence-corrected chi connectivity index (χ3v) is 5.08. The molecule has 2 aromatic carbocycles. The van der Waals surface area contributed by atoms with E-state index in [9.17, 15) is 14.9 Å². The first-order chi connectivity index (χ1) is 15.1. The van der Waals surface area contributed by atoms with Crippen LogP contribution >= 0.6 is 0 Å². The van der Waals surface area contributed by atoms with Gasteiger partial charge in [0, 0.05) is 31.8 Å². The van der Waals surface area contributed by atoms with Crippen LogP contribution < -0.4 is 9.64 Å². The van der Waals surface area contributed by atoms with Crippen LogP contribution in [-0.2, 0) is 9.47 Å². The highest BCUT2D eigenvalue weighted by atomic mass is 16.6. The second kappa shape index (κ2) is 9.44. The molecule has 1 aliphatic rings. The number of nitro groups is 1. The van der Waals surface area contributed by atoms with Gasteiger partial charge < -0.3 is 19.1 Å². The molecule has 0 aromatic heterocycles. The molecule has 9 heteroatoms. The molecule has 0 aliphatic carbocycles. The van der Waals surface area contributed by atoms with E-state index in [0.717, 1.165) is 0 Å². The third kappa shape index (κ3) is 5.28. The molecule has 172 valence electrons. The minimum atomic E-state index is -0.634. The summed E-state index contributed by atoms with van der Waals surface area (Å²) < 4.78 is 17.0. The third-order valence-electron chi connectivity index (χ3n) is 5.08. The molecule has 0 saturated carbocycles. The highest BCUT2D eigenvalue weighted by Crippen LogP contribution is 2.40. The molecule has 0 unspecified atom stereocenters. The number of nitrogens with zero attached hydrogens (tertiary/aromatic N) is 3. The fourth-order valence-corrected chi connectivity index (χ4v) is 3.63. The summed E-state index contributed by atoms with van der Waals surface area (Å²) in [7, 11) is 1.50. The highest BCUT2D eigenvalue weighted by Gasteiger charge is 2.36. The Labute approximate surface area is 187 Å². The fourth-order valence-electron chi connectivity index (χ4n) is 3.63. The topological polar surface area (TPSA) is 94.4 Å². The molecule has 32 heavy (non-hydrogen) atoms. The zero-order chi connectivity index (χ0) is 23.5. The predicted octanol–water partition coefficient (Wildman–Crippen LogP) is 4.73. The monoisotopic (exact) mass is 443 g/mol. The number of hydrogen-bond donors (Lipinski definition) is 0. The van der Waals surface area contributed by atoms with Gasteiger partial charge in [-0.3, -0.25) is 15.0 Å². The van der Waals surface area contributed by atoms with Crippen molar-refractivity contribution in [3.63, 3.8) is 0 Å². The number of anilines is 1. The van der Waals surface area contributed by atoms with E-state index in [-0.39, 0.29) is 12.2 Å². The lowest BCUT2D eigenvalue weighted by Crippen LogP contribution is -2.57. The van der Waals surface area contributed by atoms with Crippen molar-refractivity contribution in [3.8, 4) is 11.5 Å². The number of ether oxygens (including phenoxy) is 3. The Balaban J connectivity index is 1.90. The first kappa shape index (κ1) is 23.3. The quantitative estimate of drug-likeness (QED) is 0.487. The Kier molecular flexibility index (Phi) is 6.88. The van der Waals surface area contributed by atoms with Gasteiger partial charge in [-0.15, -0.1) is 0 Å². The number of benzene rings is 2. The van der Waals surface area contributed by atoms with Crippen LogP contribution in [0.2, 0.25) is 0 Å². The molecule has 9 nitrogen and oxygen atoms in total. The SMILES string of the molecule is CO[C@H]1CN(c2c([N+](=O)[O-])ccc(Oc3ccccc3)c2C)CCN1C(=O)OC(C)(C)C. The summed E-state index contributed by atoms with van der Waals surface area (Å²) in [6, 6.07) is 12.3. The maximum atomic E-state index is 12.6. The molecular weight excluding hydrogens is 414 g/mol. The van der Waals surface area contributed by atoms with Crippen LogP contribution in [0.5, 0.6) is 11.5 Å². The maximum absolute atomic E-state index is 12.6. The van der Waals surface area contributed by atoms with Crippen LogP contribution in [0.1, 0.15) is 26.3 Å². The van der Waals surface area contributed by atoms with Crippen LogP contribution in [0.4, 0.5) is 16.2 Å². The van der Waals surface area contributed by atoms with Gasteiger partial charge in [-0.25, -0.2) is 4.79 Å². The first-order valence-electron chi connectivity index (χ1n) is 10.4. The molecule has 0 radical (unpaired) electrons. The lowest BCUT2D eigenvalue weighted by atomic mass is 10.1. The molecule has 3 rings (SSSR count). The van der Waals surface area contributed by atoms with Crippen LogP contribution in [0.25, 0.3) is 0 Å². The molecule has 1 atom stereocenters. The van der Waals surface area contributed by atoms with Crippen LogP contribution in [0.3, 0.4) is 0 Å². The molecule has 0 spiro atoms. The lowest BCUT2D eigenvalue weighted by molar-refractivity contribution is -0.384. The van der Waals surface area contributed by atoms with E-state index < -0.39 is 22.8 Å². The van der Waals surface area contributed by atoms with Crippen LogP contribution in [-0.4, -0.2) is 54.5 Å². The van der Waals surface area contributed by atoms with Gasteiger partial charge >= 0.3 is 6.09 Å². The van der Waals surface area contributed by atoms with Crippen molar-refractivity contribution in [2.75, 3.05) is 31.6 Å². The van der Waals surface area contributed by atoms with Crippen molar-refractivity contribution >= 4 is 17.5 Å². The van der Waals surface area contributed by atoms with Crippen LogP contribution in [0.15, 0.2) is 42.5 Å². The summed E-state index contributed by atoms with van der Waals surface area (Å²) in [6.07, 6.45) is -1.09. The van der Waals surface area contributed by atoms with Crippen molar-refractivity contribution in [1.29, 1.82) is 0 Å². The van der Waals surface area contributed by atoms with E-state index >= 15 is 0 Å². The maximum Gasteiger partial charge on any atom is 0.412 e. The Hall–Kier alpha value is -3.33. The number of para-hydroxylation sites is 1. The standard InChI is InChI=1S/C23H29N3O6/c1-16-19(31-17-9-7-6-8-10-17)12-11-18(26(28)29)21(16)24-13-14-25(20(15-24)30-5)22(27)32-23(2,3)4/h6-12,20H,13-15H2,1-5H3/t20-/m0/s1. The van der Waals surface area contributed by atoms with Gasteiger partial charge in [-0.05, 0) is 45.9 Å². The van der Waals surface area contributed by atoms with E-state index in [0.29, 0.717) is 35.8 Å². The van der Waals surface area contributed by atoms with E-state index in [1.165, 1.54) is 18.1 Å². The predicted molar refractivity (Wildman–Crippen MR) is 120 cm³/mol. The summed E-state index contributed by atoms with van der Waals surface area (Å²) in [6.45, 7) is 8.13. The van der Waals surface area contributed by atoms with E-state index in [1.807, 2.05) is 35.2 Å². The first-order valence-corrected chi connectivity index (χ1v) is 10.4. The molecule has 1 saturated heterocycles. The number of carbonyl (C=O) groups excluding carboxylic acids is 1. The number of carbonyl (C=O) groups is 1. The summed E-state index contributed by atoms with van der Waals surface area (Å²) in [5, 5.41) is 11.8. The van der Waals surface area contributed by atoms with Gasteiger partial charge in [0.05, 0.1) is 11.5 Å². The number of nitro benzene ring substituents is 1. The largest absolute Gasteiger partial charge is 0.457 e. The Morgan fingerprint density at radius 1 is 1.12 bits per heavy atom. The van der Waals surface area contributed by atoms with E-state index in [2.05, 4.69) is 0 Å². The molecule has 1 heterocycles. The van der Waals surface area contributed by atoms with Gasteiger partial charge in [0.2, 0.25) is 0 Å².